The Kier molecular flexibility index (Phi) is 20.0. The van der Waals surface area contributed by atoms with Gasteiger partial charge in [0.1, 0.15) is 0 Å². The van der Waals surface area contributed by atoms with Crippen LogP contribution in [0.5, 0.6) is 0 Å². The van der Waals surface area contributed by atoms with Crippen LogP contribution < -0.4 is 65.6 Å². The lowest BCUT2D eigenvalue weighted by Gasteiger charge is -2.37. The highest BCUT2D eigenvalue weighted by molar-refractivity contribution is 7.04. The van der Waals surface area contributed by atoms with Crippen LogP contribution in [-0.4, -0.2) is 36.0 Å². The summed E-state index contributed by atoms with van der Waals surface area (Å²) in [5.74, 6) is 2.64. The molecule has 29 rings (SSSR count). The molecule has 0 radical (unpaired) electrons. The number of fused-ring (bicyclic) bond motifs is 6. The Hall–Kier alpha value is -13.4. The van der Waals surface area contributed by atoms with Crippen molar-refractivity contribution in [2.75, 3.05) is 0 Å². The monoisotopic (exact) mass is 1850 g/mol. The van der Waals surface area contributed by atoms with Gasteiger partial charge < -0.3 is 9.13 Å². The third kappa shape index (κ3) is 12.8. The molecule has 0 amide bonds. The van der Waals surface area contributed by atoms with E-state index < -0.39 is 0 Å². The van der Waals surface area contributed by atoms with Crippen LogP contribution in [-0.2, 0) is 0 Å². The number of aryl methyl sites for hydroxylation is 12. The summed E-state index contributed by atoms with van der Waals surface area (Å²) in [6, 6.07) is 114. The first kappa shape index (κ1) is 87.2. The SMILES string of the molecule is Cc1cc(C)c(-c2cccc(-c3c(C)cc(C)cc3C)c2B2c3cccc4c3-n3c5c2ccc2c6cccc(-c7ccccc7C7CCC(c8cc(B9c%10cccc%11c%10-n%10c%12c(ccc%13c%14ccccc%14c%14ccc9c%10c%14c%13%12)B%11c9cc(C%10CCCCC%10)cc(C%10CCCCC%10)c9)cc(C9CCCCC9)c8)CC7)c6c6ccc(c3c6c25)B4c2c(-c3c(C)cc(C)cc3C)cccc2-c2c(C)cc(C)cc2C)c(C)c1. The van der Waals surface area contributed by atoms with Gasteiger partial charge in [-0.2, -0.15) is 0 Å². The van der Waals surface area contributed by atoms with E-state index in [4.69, 9.17) is 0 Å². The molecule has 4 aliphatic heterocycles. The number of para-hydroxylation sites is 2. The molecule has 4 aliphatic carbocycles. The Balaban J connectivity index is 0.603. The summed E-state index contributed by atoms with van der Waals surface area (Å²) in [6.45, 7) is 27.9. The Morgan fingerprint density at radius 3 is 0.847 bits per heavy atom. The van der Waals surface area contributed by atoms with E-state index in [0.717, 1.165) is 25.7 Å². The average Bonchev–Trinajstić information content (AvgIpc) is 1.49. The largest absolute Gasteiger partial charge is 0.311 e. The predicted molar refractivity (Wildman–Crippen MR) is 624 cm³/mol. The first-order valence-electron chi connectivity index (χ1n) is 55.2. The maximum Gasteiger partial charge on any atom is 0.248 e. The van der Waals surface area contributed by atoms with Crippen LogP contribution in [0.15, 0.2) is 273 Å². The molecule has 698 valence electrons. The second kappa shape index (κ2) is 33.1. The van der Waals surface area contributed by atoms with Crippen molar-refractivity contribution in [2.24, 2.45) is 0 Å². The fraction of sp³-hybridized carbons (Fsp3) is 0.261. The zero-order valence-electron chi connectivity index (χ0n) is 86.0. The van der Waals surface area contributed by atoms with Gasteiger partial charge in [0.05, 0.1) is 0 Å². The van der Waals surface area contributed by atoms with Crippen LogP contribution in [0, 0.1) is 83.1 Å². The van der Waals surface area contributed by atoms with Crippen molar-refractivity contribution < 1.29 is 0 Å². The summed E-state index contributed by atoms with van der Waals surface area (Å²) in [6.07, 6.45) is 24.5. The van der Waals surface area contributed by atoms with Crippen molar-refractivity contribution in [1.82, 2.24) is 9.13 Å². The van der Waals surface area contributed by atoms with Gasteiger partial charge in [0, 0.05) is 55.0 Å². The fourth-order valence-electron chi connectivity index (χ4n) is 32.6. The van der Waals surface area contributed by atoms with Crippen molar-refractivity contribution in [1.29, 1.82) is 0 Å². The van der Waals surface area contributed by atoms with Gasteiger partial charge in [0.2, 0.25) is 26.9 Å². The summed E-state index contributed by atoms with van der Waals surface area (Å²) in [7, 11) is 0. The first-order chi connectivity index (χ1) is 70.4. The third-order valence-corrected chi connectivity index (χ3v) is 37.9. The summed E-state index contributed by atoms with van der Waals surface area (Å²) in [4.78, 5) is 0. The number of hydrogen-bond donors (Lipinski definition) is 0. The zero-order valence-corrected chi connectivity index (χ0v) is 86.0. The first-order valence-corrected chi connectivity index (χ1v) is 55.2. The van der Waals surface area contributed by atoms with Gasteiger partial charge in [-0.05, 0) is 392 Å². The van der Waals surface area contributed by atoms with E-state index in [2.05, 4.69) is 365 Å². The van der Waals surface area contributed by atoms with Crippen LogP contribution >= 0.6 is 0 Å². The maximum absolute atomic E-state index is 2.87. The Morgan fingerprint density at radius 2 is 0.472 bits per heavy atom. The van der Waals surface area contributed by atoms with E-state index in [1.54, 1.807) is 22.3 Å². The molecule has 21 aromatic rings. The number of benzene rings is 19. The lowest BCUT2D eigenvalue weighted by Crippen LogP contribution is -2.63. The number of hydrogen-bond acceptors (Lipinski definition) is 0. The zero-order chi connectivity index (χ0) is 96.5. The van der Waals surface area contributed by atoms with Crippen molar-refractivity contribution in [2.45, 2.75) is 235 Å². The molecule has 2 aromatic heterocycles. The smallest absolute Gasteiger partial charge is 0.248 e. The minimum atomic E-state index is -0.170. The normalized spacial score (nSPS) is 16.9. The fourth-order valence-corrected chi connectivity index (χ4v) is 32.6. The number of aromatic nitrogens is 2. The minimum Gasteiger partial charge on any atom is -0.311 e. The minimum absolute atomic E-state index is 0.0669. The van der Waals surface area contributed by atoms with Crippen LogP contribution in [0.3, 0.4) is 0 Å². The molecule has 0 saturated heterocycles. The van der Waals surface area contributed by atoms with Crippen LogP contribution in [0.2, 0.25) is 0 Å². The van der Waals surface area contributed by atoms with E-state index in [0.29, 0.717) is 29.6 Å². The van der Waals surface area contributed by atoms with Crippen molar-refractivity contribution in [3.8, 4) is 67.0 Å². The summed E-state index contributed by atoms with van der Waals surface area (Å²) >= 11 is 0. The number of rotatable bonds is 14. The molecule has 0 atom stereocenters. The molecule has 4 saturated carbocycles. The van der Waals surface area contributed by atoms with Gasteiger partial charge in [0.15, 0.2) is 0 Å². The highest BCUT2D eigenvalue weighted by atomic mass is 15.0. The molecule has 144 heavy (non-hydrogen) atoms. The Bertz CT molecular complexity index is 8790. The standard InChI is InChI=1S/C138H124B4N2/c1-77-63-81(5)122(82(6)64-77)110-43-27-44-111(123-83(7)65-78(2)66-84(123)8)131(110)141-116-49-30-50-117-134(116)144-137-120(141)61-57-108-105-42-26-41-104(126(105)109-58-62-121(138(144)130(109)129(108)137)142(117)132-112(124-85(9)67-79(3)68-86(124)10)45-28-46-113(132)125-87(11)69-80(4)70-88(125)12)101-38-23-22-37-100(101)93-53-51-92(52-54-93)97-72-96(91-35-20-15-21-36-91)75-99(76-97)140-115-48-29-47-114-133(115)143-135-118(59-55-106-102-39-24-25-40-103(102)107-56-60-119(140)136(143)128(107)127(106)135)139(114)98-73-94(89-31-16-13-17-32-89)71-95(74-98)90-33-18-14-19-34-90/h22-30,37-50,55-76,89-93H,13-21,31-36,51-54H2,1-12H3. The molecule has 0 spiro atoms. The molecule has 0 bridgehead atoms. The topological polar surface area (TPSA) is 9.86 Å². The summed E-state index contributed by atoms with van der Waals surface area (Å²) < 4.78 is 5.73. The second-order valence-corrected chi connectivity index (χ2v) is 46.6. The van der Waals surface area contributed by atoms with Crippen LogP contribution in [0.25, 0.3) is 154 Å². The molecule has 6 heterocycles. The van der Waals surface area contributed by atoms with Gasteiger partial charge in [-0.15, -0.1) is 0 Å². The molecular weight excluding hydrogens is 1730 g/mol. The van der Waals surface area contributed by atoms with Gasteiger partial charge >= 0.3 is 0 Å². The quantitative estimate of drug-likeness (QED) is 0.0759. The third-order valence-electron chi connectivity index (χ3n) is 37.9. The van der Waals surface area contributed by atoms with E-state index >= 15 is 0 Å². The Morgan fingerprint density at radius 1 is 0.201 bits per heavy atom. The lowest BCUT2D eigenvalue weighted by molar-refractivity contribution is 0.396. The molecule has 0 unspecified atom stereocenters. The Labute approximate surface area is 851 Å². The van der Waals surface area contributed by atoms with Gasteiger partial charge in [-0.1, -0.05) is 375 Å². The lowest BCUT2D eigenvalue weighted by atomic mass is 9.30. The molecule has 6 heteroatoms. The van der Waals surface area contributed by atoms with Gasteiger partial charge in [-0.3, -0.25) is 0 Å². The van der Waals surface area contributed by atoms with Gasteiger partial charge in [0.25, 0.3) is 0 Å². The average molecular weight is 1850 g/mol. The van der Waals surface area contributed by atoms with Crippen LogP contribution in [0.4, 0.5) is 0 Å². The summed E-state index contributed by atoms with van der Waals surface area (Å²) in [5, 5.41) is 16.6. The molecule has 4 fully saturated rings. The molecule has 8 aliphatic rings. The van der Waals surface area contributed by atoms with E-state index in [1.165, 1.54) is 388 Å². The second-order valence-electron chi connectivity index (χ2n) is 46.6. The predicted octanol–water partition coefficient (Wildman–Crippen LogP) is 28.3. The van der Waals surface area contributed by atoms with Crippen LogP contribution in [0.1, 0.15) is 246 Å². The van der Waals surface area contributed by atoms with E-state index in [1.807, 2.05) is 0 Å². The van der Waals surface area contributed by atoms with Crippen molar-refractivity contribution >= 4 is 179 Å². The molecule has 2 nitrogen and oxygen atoms in total. The van der Waals surface area contributed by atoms with Gasteiger partial charge in [-0.25, -0.2) is 0 Å². The van der Waals surface area contributed by atoms with E-state index in [-0.39, 0.29) is 26.9 Å². The van der Waals surface area contributed by atoms with E-state index in [9.17, 15) is 0 Å². The molecule has 19 aromatic carbocycles. The van der Waals surface area contributed by atoms with Crippen molar-refractivity contribution in [3.63, 3.8) is 0 Å². The maximum atomic E-state index is 2.87. The molecule has 0 N–H and O–H groups in total. The highest BCUT2D eigenvalue weighted by Gasteiger charge is 2.49. The van der Waals surface area contributed by atoms with Crippen molar-refractivity contribution in [3.05, 3.63) is 368 Å². The highest BCUT2D eigenvalue weighted by Crippen LogP contribution is 2.54. The number of nitrogens with zero attached hydrogens (tertiary/aromatic N) is 2. The molecular formula is C138H124B4N2. The summed E-state index contributed by atoms with van der Waals surface area (Å²) in [5.41, 5.74) is 62.6.